The Balaban J connectivity index is 1.27. The summed E-state index contributed by atoms with van der Waals surface area (Å²) in [5.74, 6) is -1.43. The van der Waals surface area contributed by atoms with Crippen molar-refractivity contribution in [2.75, 3.05) is 19.9 Å². The van der Waals surface area contributed by atoms with E-state index in [9.17, 15) is 18.8 Å². The molecule has 0 bridgehead atoms. The molecule has 0 aromatic heterocycles. The molecule has 1 heterocycles. The summed E-state index contributed by atoms with van der Waals surface area (Å²) in [7, 11) is 0. The summed E-state index contributed by atoms with van der Waals surface area (Å²) in [5.41, 5.74) is 1.58. The Morgan fingerprint density at radius 2 is 1.53 bits per heavy atom. The second-order valence-corrected chi connectivity index (χ2v) is 12.5. The van der Waals surface area contributed by atoms with E-state index >= 15 is 0 Å². The number of thiol groups is 1. The van der Waals surface area contributed by atoms with Gasteiger partial charge in [-0.1, -0.05) is 79.8 Å². The SMILES string of the molecule is CCC=CCC=CCC=CCC=CCC=CCCCC(=O)OCOC(=O)C=C1CN(Cc2c(F)cccc2C(=O)C2CC2)CCC1S. The molecule has 0 N–H and O–H groups in total. The van der Waals surface area contributed by atoms with Crippen LogP contribution in [-0.2, 0) is 25.6 Å². The number of allylic oxidation sites excluding steroid dienone is 10. The highest BCUT2D eigenvalue weighted by Crippen LogP contribution is 2.34. The molecule has 2 fully saturated rings. The van der Waals surface area contributed by atoms with Crippen molar-refractivity contribution in [1.82, 2.24) is 4.90 Å². The number of nitrogens with zero attached hydrogens (tertiary/aromatic N) is 1. The van der Waals surface area contributed by atoms with Crippen LogP contribution in [0.5, 0.6) is 0 Å². The third-order valence-electron chi connectivity index (χ3n) is 7.90. The van der Waals surface area contributed by atoms with Gasteiger partial charge in [-0.2, -0.15) is 12.6 Å². The zero-order chi connectivity index (χ0) is 33.7. The molecule has 2 aliphatic rings. The topological polar surface area (TPSA) is 72.9 Å². The van der Waals surface area contributed by atoms with E-state index in [1.165, 1.54) is 12.1 Å². The van der Waals surface area contributed by atoms with Gasteiger partial charge in [0.1, 0.15) is 5.82 Å². The quantitative estimate of drug-likeness (QED) is 0.0286. The molecule has 0 spiro atoms. The van der Waals surface area contributed by atoms with Crippen molar-refractivity contribution >= 4 is 30.4 Å². The minimum atomic E-state index is -0.622. The largest absolute Gasteiger partial charge is 0.428 e. The third kappa shape index (κ3) is 15.3. The van der Waals surface area contributed by atoms with Gasteiger partial charge in [-0.05, 0) is 75.8 Å². The fourth-order valence-electron chi connectivity index (χ4n) is 5.10. The summed E-state index contributed by atoms with van der Waals surface area (Å²) in [6.07, 6.45) is 31.7. The average Bonchev–Trinajstić information content (AvgIpc) is 3.91. The minimum absolute atomic E-state index is 0.00180. The van der Waals surface area contributed by atoms with Crippen LogP contribution in [0.25, 0.3) is 0 Å². The second kappa shape index (κ2) is 22.1. The van der Waals surface area contributed by atoms with E-state index in [1.54, 1.807) is 12.1 Å². The van der Waals surface area contributed by atoms with Crippen molar-refractivity contribution in [1.29, 1.82) is 0 Å². The Kier molecular flexibility index (Phi) is 17.9. The van der Waals surface area contributed by atoms with Crippen LogP contribution in [0.3, 0.4) is 0 Å². The standard InChI is InChI=1S/C39H50FNO5S/c1-2-3-4-5-6-7-8-9-10-11-12-13-14-15-16-17-18-22-37(42)45-30-46-38(43)27-32-28-41(26-25-36(32)47)29-34-33(20-19-21-35(34)40)39(44)31-23-24-31/h3-4,6-7,9-10,12-13,15-16,19-21,27,31,36,47H,2,5,8,11,14,17-18,22-26,28-30H2,1H3. The lowest BCUT2D eigenvalue weighted by Gasteiger charge is -2.32. The Morgan fingerprint density at radius 3 is 2.17 bits per heavy atom. The monoisotopic (exact) mass is 663 g/mol. The van der Waals surface area contributed by atoms with E-state index in [-0.39, 0.29) is 29.9 Å². The summed E-state index contributed by atoms with van der Waals surface area (Å²) in [5, 5.41) is -0.148. The van der Waals surface area contributed by atoms with Crippen LogP contribution in [0.2, 0.25) is 0 Å². The van der Waals surface area contributed by atoms with Gasteiger partial charge < -0.3 is 9.47 Å². The van der Waals surface area contributed by atoms with Crippen molar-refractivity contribution in [2.45, 2.75) is 89.3 Å². The maximum absolute atomic E-state index is 14.8. The molecule has 1 atom stereocenters. The van der Waals surface area contributed by atoms with Crippen LogP contribution >= 0.6 is 12.6 Å². The normalized spacial score (nSPS) is 18.4. The Morgan fingerprint density at radius 1 is 0.894 bits per heavy atom. The number of Topliss-reactive ketones (excluding diaryl/α,β-unsaturated/α-hetero) is 1. The molecule has 3 rings (SSSR count). The zero-order valence-electron chi connectivity index (χ0n) is 27.7. The number of ether oxygens (including phenoxy) is 2. The minimum Gasteiger partial charge on any atom is -0.428 e. The smallest absolute Gasteiger partial charge is 0.333 e. The second-order valence-electron chi connectivity index (χ2n) is 11.8. The van der Waals surface area contributed by atoms with Crippen molar-refractivity contribution in [2.24, 2.45) is 5.92 Å². The van der Waals surface area contributed by atoms with Gasteiger partial charge in [0, 0.05) is 54.4 Å². The highest BCUT2D eigenvalue weighted by atomic mass is 32.1. The van der Waals surface area contributed by atoms with E-state index in [4.69, 9.17) is 9.47 Å². The predicted octanol–water partition coefficient (Wildman–Crippen LogP) is 8.81. The van der Waals surface area contributed by atoms with Gasteiger partial charge >= 0.3 is 11.9 Å². The van der Waals surface area contributed by atoms with Gasteiger partial charge in [-0.3, -0.25) is 14.5 Å². The van der Waals surface area contributed by atoms with E-state index in [0.717, 1.165) is 56.9 Å². The fourth-order valence-corrected chi connectivity index (χ4v) is 5.37. The molecular weight excluding hydrogens is 613 g/mol. The predicted molar refractivity (Wildman–Crippen MR) is 190 cm³/mol. The van der Waals surface area contributed by atoms with Crippen LogP contribution < -0.4 is 0 Å². The van der Waals surface area contributed by atoms with Gasteiger partial charge in [-0.15, -0.1) is 0 Å². The lowest BCUT2D eigenvalue weighted by Crippen LogP contribution is -2.36. The number of likely N-dealkylation sites (tertiary alicyclic amines) is 1. The van der Waals surface area contributed by atoms with Crippen molar-refractivity contribution in [3.05, 3.63) is 108 Å². The number of esters is 2. The Hall–Kier alpha value is -3.49. The van der Waals surface area contributed by atoms with E-state index < -0.39 is 24.5 Å². The number of carbonyl (C=O) groups excluding carboxylic acids is 3. The lowest BCUT2D eigenvalue weighted by atomic mass is 9.98. The molecule has 254 valence electrons. The summed E-state index contributed by atoms with van der Waals surface area (Å²) < 4.78 is 24.9. The molecule has 1 saturated carbocycles. The number of benzene rings is 1. The maximum Gasteiger partial charge on any atom is 0.333 e. The number of piperidine rings is 1. The third-order valence-corrected chi connectivity index (χ3v) is 8.49. The van der Waals surface area contributed by atoms with Crippen molar-refractivity contribution in [3.8, 4) is 0 Å². The number of hydrogen-bond acceptors (Lipinski definition) is 7. The van der Waals surface area contributed by atoms with Gasteiger partial charge in [0.2, 0.25) is 6.79 Å². The molecule has 0 radical (unpaired) electrons. The summed E-state index contributed by atoms with van der Waals surface area (Å²) >= 11 is 4.61. The van der Waals surface area contributed by atoms with Crippen molar-refractivity contribution < 1.29 is 28.2 Å². The van der Waals surface area contributed by atoms with Gasteiger partial charge in [0.05, 0.1) is 0 Å². The number of unbranched alkanes of at least 4 members (excludes halogenated alkanes) is 1. The molecule has 6 nitrogen and oxygen atoms in total. The molecule has 47 heavy (non-hydrogen) atoms. The molecule has 0 amide bonds. The fraction of sp³-hybridized carbons (Fsp3) is 0.462. The molecule has 1 aromatic rings. The highest BCUT2D eigenvalue weighted by Gasteiger charge is 2.33. The molecular formula is C39H50FNO5S. The van der Waals surface area contributed by atoms with Crippen LogP contribution in [-0.4, -0.2) is 47.8 Å². The van der Waals surface area contributed by atoms with Crippen molar-refractivity contribution in [3.63, 3.8) is 0 Å². The number of halogens is 1. The van der Waals surface area contributed by atoms with E-state index in [2.05, 4.69) is 80.3 Å². The first-order valence-electron chi connectivity index (χ1n) is 16.9. The van der Waals surface area contributed by atoms with Crippen LogP contribution in [0, 0.1) is 11.7 Å². The van der Waals surface area contributed by atoms with Gasteiger partial charge in [-0.25, -0.2) is 9.18 Å². The summed E-state index contributed by atoms with van der Waals surface area (Å²) in [6, 6.07) is 4.66. The van der Waals surface area contributed by atoms with E-state index in [0.29, 0.717) is 37.1 Å². The first-order chi connectivity index (χ1) is 22.9. The summed E-state index contributed by atoms with van der Waals surface area (Å²) in [6.45, 7) is 3.00. The molecule has 1 unspecified atom stereocenters. The number of hydrogen-bond donors (Lipinski definition) is 1. The Labute approximate surface area is 285 Å². The highest BCUT2D eigenvalue weighted by molar-refractivity contribution is 7.81. The molecule has 8 heteroatoms. The maximum atomic E-state index is 14.8. The first-order valence-corrected chi connectivity index (χ1v) is 17.4. The lowest BCUT2D eigenvalue weighted by molar-refractivity contribution is -0.164. The van der Waals surface area contributed by atoms with Gasteiger partial charge in [0.25, 0.3) is 0 Å². The average molecular weight is 664 g/mol. The number of rotatable bonds is 20. The number of carbonyl (C=O) groups is 3. The molecule has 1 aliphatic carbocycles. The van der Waals surface area contributed by atoms with E-state index in [1.807, 2.05) is 4.90 Å². The van der Waals surface area contributed by atoms with Crippen LogP contribution in [0.15, 0.2) is 90.6 Å². The summed E-state index contributed by atoms with van der Waals surface area (Å²) in [4.78, 5) is 39.2. The molecule has 1 aliphatic heterocycles. The molecule has 1 saturated heterocycles. The van der Waals surface area contributed by atoms with Gasteiger partial charge in [0.15, 0.2) is 5.78 Å². The van der Waals surface area contributed by atoms with Crippen LogP contribution in [0.1, 0.15) is 93.5 Å². The first kappa shape index (κ1) is 38.0. The molecule has 1 aromatic carbocycles. The van der Waals surface area contributed by atoms with Crippen LogP contribution in [0.4, 0.5) is 4.39 Å². The zero-order valence-corrected chi connectivity index (χ0v) is 28.6. The Bertz CT molecular complexity index is 1340. The number of ketones is 1.